The van der Waals surface area contributed by atoms with Crippen molar-refractivity contribution in [2.24, 2.45) is 0 Å². The van der Waals surface area contributed by atoms with Gasteiger partial charge in [0.1, 0.15) is 5.75 Å². The third kappa shape index (κ3) is 5.26. The Morgan fingerprint density at radius 3 is 2.32 bits per heavy atom. The number of amides is 2. The normalized spacial score (nSPS) is 16.4. The van der Waals surface area contributed by atoms with Gasteiger partial charge in [0.25, 0.3) is 0 Å². The van der Waals surface area contributed by atoms with E-state index >= 15 is 0 Å². The molecule has 0 bridgehead atoms. The van der Waals surface area contributed by atoms with E-state index in [2.05, 4.69) is 26.6 Å². The maximum Gasteiger partial charge on any atom is 0.338 e. The van der Waals surface area contributed by atoms with Crippen molar-refractivity contribution in [1.82, 2.24) is 10.6 Å². The Balaban J connectivity index is 2.04. The first kappa shape index (κ1) is 22.8. The molecular weight excluding hydrogens is 488 g/mol. The maximum absolute atomic E-state index is 12.9. The molecule has 0 radical (unpaired) electrons. The second-order valence-corrected chi connectivity index (χ2v) is 9.54. The molecule has 2 amide bonds. The second kappa shape index (κ2) is 9.52. The Morgan fingerprint density at radius 2 is 1.74 bits per heavy atom. The molecule has 2 aromatic rings. The standard InChI is InChI=1S/C21H21BrN2O6S/c1-3-30-15-8-4-13(5-9-15)19-18(20(25)29-2)17(23-21(26)24-19)12-31(27,28)16-10-6-14(22)7-11-16/h4-11,19H,3,12H2,1-2H3,(H2,23,24,26)/t19-/m1/s1. The summed E-state index contributed by atoms with van der Waals surface area (Å²) in [5.74, 6) is -0.680. The molecule has 0 saturated heterocycles. The van der Waals surface area contributed by atoms with Crippen LogP contribution in [0.2, 0.25) is 0 Å². The second-order valence-electron chi connectivity index (χ2n) is 6.63. The molecule has 2 N–H and O–H groups in total. The Kier molecular flexibility index (Phi) is 7.01. The summed E-state index contributed by atoms with van der Waals surface area (Å²) in [5.41, 5.74) is 0.571. The molecule has 0 spiro atoms. The summed E-state index contributed by atoms with van der Waals surface area (Å²) in [7, 11) is -2.65. The molecule has 164 valence electrons. The lowest BCUT2D eigenvalue weighted by atomic mass is 9.95. The highest BCUT2D eigenvalue weighted by molar-refractivity contribution is 9.10. The predicted octanol–water partition coefficient (Wildman–Crippen LogP) is 3.10. The highest BCUT2D eigenvalue weighted by Gasteiger charge is 2.35. The summed E-state index contributed by atoms with van der Waals surface area (Å²) < 4.78 is 36.9. The van der Waals surface area contributed by atoms with Crippen LogP contribution in [0.4, 0.5) is 4.79 Å². The van der Waals surface area contributed by atoms with E-state index in [-0.39, 0.29) is 16.2 Å². The first-order valence-electron chi connectivity index (χ1n) is 9.35. The molecule has 0 saturated carbocycles. The fourth-order valence-corrected chi connectivity index (χ4v) is 4.76. The van der Waals surface area contributed by atoms with Crippen molar-refractivity contribution in [2.45, 2.75) is 17.9 Å². The summed E-state index contributed by atoms with van der Waals surface area (Å²) in [5, 5.41) is 5.13. The van der Waals surface area contributed by atoms with Gasteiger partial charge in [-0.25, -0.2) is 18.0 Å². The van der Waals surface area contributed by atoms with Crippen molar-refractivity contribution in [3.63, 3.8) is 0 Å². The van der Waals surface area contributed by atoms with E-state index < -0.39 is 33.6 Å². The van der Waals surface area contributed by atoms with Gasteiger partial charge in [0.15, 0.2) is 9.84 Å². The predicted molar refractivity (Wildman–Crippen MR) is 117 cm³/mol. The number of hydrogen-bond donors (Lipinski definition) is 2. The van der Waals surface area contributed by atoms with Crippen LogP contribution in [0.1, 0.15) is 18.5 Å². The van der Waals surface area contributed by atoms with E-state index in [0.29, 0.717) is 17.9 Å². The molecule has 8 nitrogen and oxygen atoms in total. The first-order valence-corrected chi connectivity index (χ1v) is 11.8. The molecule has 0 unspecified atom stereocenters. The average Bonchev–Trinajstić information content (AvgIpc) is 2.73. The van der Waals surface area contributed by atoms with Crippen LogP contribution in [0.3, 0.4) is 0 Å². The molecule has 1 aliphatic rings. The Hall–Kier alpha value is -2.85. The number of carbonyl (C=O) groups is 2. The number of benzene rings is 2. The van der Waals surface area contributed by atoms with Gasteiger partial charge in [0.05, 0.1) is 36.0 Å². The van der Waals surface area contributed by atoms with Gasteiger partial charge in [0.2, 0.25) is 0 Å². The zero-order valence-electron chi connectivity index (χ0n) is 16.8. The number of rotatable bonds is 7. The quantitative estimate of drug-likeness (QED) is 0.555. The molecule has 0 aromatic heterocycles. The minimum atomic E-state index is -3.84. The minimum absolute atomic E-state index is 0.0203. The zero-order chi connectivity index (χ0) is 22.6. The number of carbonyl (C=O) groups excluding carboxylic acids is 2. The minimum Gasteiger partial charge on any atom is -0.494 e. The van der Waals surface area contributed by atoms with Crippen molar-refractivity contribution in [1.29, 1.82) is 0 Å². The van der Waals surface area contributed by atoms with Gasteiger partial charge in [-0.3, -0.25) is 0 Å². The number of sulfone groups is 1. The fourth-order valence-electron chi connectivity index (χ4n) is 3.17. The van der Waals surface area contributed by atoms with Gasteiger partial charge in [-0.15, -0.1) is 0 Å². The molecule has 0 aliphatic carbocycles. The fraction of sp³-hybridized carbons (Fsp3) is 0.238. The summed E-state index contributed by atoms with van der Waals surface area (Å²) in [6.07, 6.45) is 0. The van der Waals surface area contributed by atoms with E-state index in [0.717, 1.165) is 4.47 Å². The van der Waals surface area contributed by atoms with Gasteiger partial charge in [0, 0.05) is 10.2 Å². The van der Waals surface area contributed by atoms with Crippen LogP contribution >= 0.6 is 15.9 Å². The molecule has 0 fully saturated rings. The third-order valence-corrected chi connectivity index (χ3v) is 6.78. The molecule has 31 heavy (non-hydrogen) atoms. The largest absolute Gasteiger partial charge is 0.494 e. The van der Waals surface area contributed by atoms with Gasteiger partial charge in [-0.2, -0.15) is 0 Å². The van der Waals surface area contributed by atoms with Crippen molar-refractivity contribution in [3.8, 4) is 5.75 Å². The zero-order valence-corrected chi connectivity index (χ0v) is 19.2. The van der Waals surface area contributed by atoms with E-state index in [4.69, 9.17) is 9.47 Å². The molecule has 3 rings (SSSR count). The number of ether oxygens (including phenoxy) is 2. The van der Waals surface area contributed by atoms with Gasteiger partial charge in [-0.05, 0) is 48.9 Å². The number of urea groups is 1. The summed E-state index contributed by atoms with van der Waals surface area (Å²) in [6, 6.07) is 11.4. The molecule has 2 aromatic carbocycles. The van der Waals surface area contributed by atoms with Gasteiger partial charge in [-0.1, -0.05) is 28.1 Å². The molecule has 10 heteroatoms. The highest BCUT2D eigenvalue weighted by atomic mass is 79.9. The average molecular weight is 509 g/mol. The molecule has 1 atom stereocenters. The van der Waals surface area contributed by atoms with Crippen molar-refractivity contribution in [2.75, 3.05) is 19.5 Å². The van der Waals surface area contributed by atoms with Crippen molar-refractivity contribution >= 4 is 37.8 Å². The monoisotopic (exact) mass is 508 g/mol. The van der Waals surface area contributed by atoms with Gasteiger partial charge < -0.3 is 20.1 Å². The smallest absolute Gasteiger partial charge is 0.338 e. The Bertz CT molecular complexity index is 1110. The SMILES string of the molecule is CCOc1ccc([C@H]2NC(=O)NC(CS(=O)(=O)c3ccc(Br)cc3)=C2C(=O)OC)cc1. The number of hydrogen-bond acceptors (Lipinski definition) is 6. The third-order valence-electron chi connectivity index (χ3n) is 4.59. The van der Waals surface area contributed by atoms with Crippen molar-refractivity contribution < 1.29 is 27.5 Å². The number of methoxy groups -OCH3 is 1. The van der Waals surface area contributed by atoms with E-state index in [1.807, 2.05) is 6.92 Å². The Labute approximate surface area is 188 Å². The number of esters is 1. The Morgan fingerprint density at radius 1 is 1.10 bits per heavy atom. The van der Waals surface area contributed by atoms with Crippen molar-refractivity contribution in [3.05, 3.63) is 69.8 Å². The van der Waals surface area contributed by atoms with Gasteiger partial charge >= 0.3 is 12.0 Å². The van der Waals surface area contributed by atoms with Crippen LogP contribution in [-0.4, -0.2) is 39.9 Å². The van der Waals surface area contributed by atoms with Crippen LogP contribution in [-0.2, 0) is 19.4 Å². The molecule has 1 heterocycles. The lowest BCUT2D eigenvalue weighted by Gasteiger charge is -2.29. The maximum atomic E-state index is 12.9. The number of nitrogens with one attached hydrogen (secondary N) is 2. The highest BCUT2D eigenvalue weighted by Crippen LogP contribution is 2.30. The van der Waals surface area contributed by atoms with Crippen LogP contribution < -0.4 is 15.4 Å². The first-order chi connectivity index (χ1) is 14.7. The summed E-state index contributed by atoms with van der Waals surface area (Å²) in [4.78, 5) is 25.0. The lowest BCUT2D eigenvalue weighted by molar-refractivity contribution is -0.136. The van der Waals surface area contributed by atoms with Crippen LogP contribution in [0.25, 0.3) is 0 Å². The van der Waals surface area contributed by atoms with E-state index in [9.17, 15) is 18.0 Å². The van der Waals surface area contributed by atoms with Crippen LogP contribution in [0, 0.1) is 0 Å². The van der Waals surface area contributed by atoms with E-state index in [1.54, 1.807) is 36.4 Å². The summed E-state index contributed by atoms with van der Waals surface area (Å²) in [6.45, 7) is 2.35. The van der Waals surface area contributed by atoms with Crippen LogP contribution in [0.5, 0.6) is 5.75 Å². The number of halogens is 1. The van der Waals surface area contributed by atoms with Crippen LogP contribution in [0.15, 0.2) is 69.2 Å². The topological polar surface area (TPSA) is 111 Å². The molecular formula is C21H21BrN2O6S. The molecule has 1 aliphatic heterocycles. The van der Waals surface area contributed by atoms with E-state index in [1.165, 1.54) is 19.2 Å². The lowest BCUT2D eigenvalue weighted by Crippen LogP contribution is -2.47. The summed E-state index contributed by atoms with van der Waals surface area (Å²) >= 11 is 3.27.